The second kappa shape index (κ2) is 5.14. The highest BCUT2D eigenvalue weighted by Crippen LogP contribution is 2.26. The van der Waals surface area contributed by atoms with Crippen molar-refractivity contribution in [2.24, 2.45) is 0 Å². The van der Waals surface area contributed by atoms with E-state index in [9.17, 15) is 0 Å². The van der Waals surface area contributed by atoms with E-state index in [0.717, 1.165) is 18.1 Å². The third-order valence-corrected chi connectivity index (χ3v) is 2.61. The molecule has 1 aliphatic heterocycles. The van der Waals surface area contributed by atoms with Crippen LogP contribution in [-0.2, 0) is 4.74 Å². The van der Waals surface area contributed by atoms with E-state index in [0.29, 0.717) is 13.2 Å². The Morgan fingerprint density at radius 3 is 3.31 bits per heavy atom. The molecule has 88 valence electrons. The standard InChI is InChI=1S/C11H16N2O3/c1-15-10-3-2-4-12-11(10)13-5-6-16-9(7-13)8-14/h2-4,9,14H,5-8H2,1H3. The minimum Gasteiger partial charge on any atom is -0.493 e. The third kappa shape index (κ3) is 2.25. The Balaban J connectivity index is 2.16. The van der Waals surface area contributed by atoms with Crippen molar-refractivity contribution in [1.29, 1.82) is 0 Å². The molecule has 1 aromatic rings. The van der Waals surface area contributed by atoms with Crippen LogP contribution < -0.4 is 9.64 Å². The van der Waals surface area contributed by atoms with Gasteiger partial charge in [0, 0.05) is 19.3 Å². The number of aliphatic hydroxyl groups excluding tert-OH is 1. The lowest BCUT2D eigenvalue weighted by atomic mass is 10.2. The van der Waals surface area contributed by atoms with Gasteiger partial charge in [0.2, 0.25) is 0 Å². The molecule has 2 heterocycles. The molecule has 0 saturated carbocycles. The van der Waals surface area contributed by atoms with Gasteiger partial charge in [-0.2, -0.15) is 0 Å². The maximum Gasteiger partial charge on any atom is 0.171 e. The Hall–Kier alpha value is -1.33. The van der Waals surface area contributed by atoms with Gasteiger partial charge in [-0.3, -0.25) is 0 Å². The summed E-state index contributed by atoms with van der Waals surface area (Å²) in [5.74, 6) is 1.56. The molecule has 0 radical (unpaired) electrons. The van der Waals surface area contributed by atoms with Gasteiger partial charge in [0.25, 0.3) is 0 Å². The Kier molecular flexibility index (Phi) is 3.58. The first-order chi connectivity index (χ1) is 7.85. The fourth-order valence-corrected chi connectivity index (χ4v) is 1.80. The van der Waals surface area contributed by atoms with Crippen molar-refractivity contribution in [2.75, 3.05) is 38.3 Å². The number of morpholine rings is 1. The minimum atomic E-state index is -0.138. The van der Waals surface area contributed by atoms with Gasteiger partial charge in [-0.15, -0.1) is 0 Å². The van der Waals surface area contributed by atoms with E-state index >= 15 is 0 Å². The van der Waals surface area contributed by atoms with Crippen LogP contribution in [0.15, 0.2) is 18.3 Å². The van der Waals surface area contributed by atoms with E-state index in [4.69, 9.17) is 14.6 Å². The van der Waals surface area contributed by atoms with E-state index < -0.39 is 0 Å². The van der Waals surface area contributed by atoms with Gasteiger partial charge in [-0.05, 0) is 12.1 Å². The second-order valence-corrected chi connectivity index (χ2v) is 3.65. The molecular formula is C11H16N2O3. The van der Waals surface area contributed by atoms with Crippen LogP contribution in [0, 0.1) is 0 Å². The molecule has 0 aromatic carbocycles. The molecule has 1 aromatic heterocycles. The van der Waals surface area contributed by atoms with Crippen LogP contribution in [0.2, 0.25) is 0 Å². The Labute approximate surface area is 94.6 Å². The predicted molar refractivity (Wildman–Crippen MR) is 59.8 cm³/mol. The normalized spacial score (nSPS) is 20.9. The molecule has 0 aliphatic carbocycles. The highest BCUT2D eigenvalue weighted by atomic mass is 16.5. The summed E-state index contributed by atoms with van der Waals surface area (Å²) in [4.78, 5) is 6.38. The molecule has 0 bridgehead atoms. The Morgan fingerprint density at radius 2 is 2.56 bits per heavy atom. The summed E-state index contributed by atoms with van der Waals surface area (Å²) in [6.07, 6.45) is 1.60. The molecule has 1 aliphatic rings. The number of nitrogens with zero attached hydrogens (tertiary/aromatic N) is 2. The van der Waals surface area contributed by atoms with E-state index in [1.54, 1.807) is 13.3 Å². The summed E-state index contributed by atoms with van der Waals surface area (Å²) in [6, 6.07) is 3.72. The number of hydrogen-bond donors (Lipinski definition) is 1. The van der Waals surface area contributed by atoms with Crippen LogP contribution in [0.25, 0.3) is 0 Å². The first-order valence-corrected chi connectivity index (χ1v) is 5.31. The zero-order valence-electron chi connectivity index (χ0n) is 9.30. The van der Waals surface area contributed by atoms with Crippen LogP contribution in [0.3, 0.4) is 0 Å². The van der Waals surface area contributed by atoms with Gasteiger partial charge < -0.3 is 19.5 Å². The first-order valence-electron chi connectivity index (χ1n) is 5.31. The number of pyridine rings is 1. The third-order valence-electron chi connectivity index (χ3n) is 2.61. The molecule has 5 heteroatoms. The van der Waals surface area contributed by atoms with E-state index in [1.807, 2.05) is 12.1 Å². The molecule has 5 nitrogen and oxygen atoms in total. The molecule has 0 spiro atoms. The van der Waals surface area contributed by atoms with Crippen molar-refractivity contribution in [3.8, 4) is 5.75 Å². The smallest absolute Gasteiger partial charge is 0.171 e. The molecule has 2 rings (SSSR count). The molecule has 1 N–H and O–H groups in total. The van der Waals surface area contributed by atoms with Crippen molar-refractivity contribution < 1.29 is 14.6 Å². The quantitative estimate of drug-likeness (QED) is 0.799. The zero-order chi connectivity index (χ0) is 11.4. The van der Waals surface area contributed by atoms with Crippen molar-refractivity contribution >= 4 is 5.82 Å². The molecule has 0 amide bonds. The van der Waals surface area contributed by atoms with Gasteiger partial charge in [0.05, 0.1) is 26.4 Å². The molecule has 16 heavy (non-hydrogen) atoms. The van der Waals surface area contributed by atoms with Crippen LogP contribution in [-0.4, -0.2) is 49.6 Å². The summed E-state index contributed by atoms with van der Waals surface area (Å²) < 4.78 is 10.7. The lowest BCUT2D eigenvalue weighted by Gasteiger charge is -2.33. The number of methoxy groups -OCH3 is 1. The van der Waals surface area contributed by atoms with Crippen LogP contribution in [0.1, 0.15) is 0 Å². The highest BCUT2D eigenvalue weighted by molar-refractivity contribution is 5.52. The fourth-order valence-electron chi connectivity index (χ4n) is 1.80. The monoisotopic (exact) mass is 224 g/mol. The minimum absolute atomic E-state index is 0.0334. The van der Waals surface area contributed by atoms with Crippen molar-refractivity contribution in [1.82, 2.24) is 4.98 Å². The molecular weight excluding hydrogens is 208 g/mol. The van der Waals surface area contributed by atoms with Gasteiger partial charge in [0.1, 0.15) is 0 Å². The molecule has 1 unspecified atom stereocenters. The summed E-state index contributed by atoms with van der Waals surface area (Å²) in [7, 11) is 1.63. The zero-order valence-corrected chi connectivity index (χ0v) is 9.30. The summed E-state index contributed by atoms with van der Waals surface area (Å²) in [5, 5.41) is 9.08. The lowest BCUT2D eigenvalue weighted by Crippen LogP contribution is -2.44. The van der Waals surface area contributed by atoms with E-state index in [2.05, 4.69) is 9.88 Å². The maximum absolute atomic E-state index is 9.08. The highest BCUT2D eigenvalue weighted by Gasteiger charge is 2.22. The summed E-state index contributed by atoms with van der Waals surface area (Å²) in [6.45, 7) is 2.05. The first kappa shape index (κ1) is 11.2. The Morgan fingerprint density at radius 1 is 1.69 bits per heavy atom. The number of hydrogen-bond acceptors (Lipinski definition) is 5. The average molecular weight is 224 g/mol. The predicted octanol–water partition coefficient (Wildman–Crippen LogP) is 0.288. The summed E-state index contributed by atoms with van der Waals surface area (Å²) in [5.41, 5.74) is 0. The van der Waals surface area contributed by atoms with E-state index in [1.165, 1.54) is 0 Å². The topological polar surface area (TPSA) is 54.8 Å². The maximum atomic E-state index is 9.08. The number of rotatable bonds is 3. The lowest BCUT2D eigenvalue weighted by molar-refractivity contribution is 0.00325. The number of aromatic nitrogens is 1. The largest absolute Gasteiger partial charge is 0.493 e. The average Bonchev–Trinajstić information content (AvgIpc) is 2.38. The summed E-state index contributed by atoms with van der Waals surface area (Å²) >= 11 is 0. The molecule has 1 atom stereocenters. The van der Waals surface area contributed by atoms with Crippen molar-refractivity contribution in [2.45, 2.75) is 6.10 Å². The molecule has 1 saturated heterocycles. The van der Waals surface area contributed by atoms with Gasteiger partial charge in [0.15, 0.2) is 11.6 Å². The van der Waals surface area contributed by atoms with Gasteiger partial charge >= 0.3 is 0 Å². The van der Waals surface area contributed by atoms with Crippen LogP contribution >= 0.6 is 0 Å². The second-order valence-electron chi connectivity index (χ2n) is 3.65. The number of ether oxygens (including phenoxy) is 2. The SMILES string of the molecule is COc1cccnc1N1CCOC(CO)C1. The van der Waals surface area contributed by atoms with Gasteiger partial charge in [-0.25, -0.2) is 4.98 Å². The molecule has 1 fully saturated rings. The Bertz CT molecular complexity index is 346. The van der Waals surface area contributed by atoms with Crippen LogP contribution in [0.5, 0.6) is 5.75 Å². The number of anilines is 1. The van der Waals surface area contributed by atoms with Crippen molar-refractivity contribution in [3.63, 3.8) is 0 Å². The van der Waals surface area contributed by atoms with E-state index in [-0.39, 0.29) is 12.7 Å². The number of aliphatic hydroxyl groups is 1. The van der Waals surface area contributed by atoms with Crippen molar-refractivity contribution in [3.05, 3.63) is 18.3 Å². The van der Waals surface area contributed by atoms with Gasteiger partial charge in [-0.1, -0.05) is 0 Å². The van der Waals surface area contributed by atoms with Crippen LogP contribution in [0.4, 0.5) is 5.82 Å². The fraction of sp³-hybridized carbons (Fsp3) is 0.545.